The minimum absolute atomic E-state index is 0.0302. The predicted octanol–water partition coefficient (Wildman–Crippen LogP) is 11.3. The van der Waals surface area contributed by atoms with Crippen LogP contribution in [-0.2, 0) is 12.8 Å². The lowest BCUT2D eigenvalue weighted by molar-refractivity contribution is -0.270. The number of quaternary nitrogens is 1. The molecule has 0 radical (unpaired) electrons. The Labute approximate surface area is 347 Å². The molecule has 0 heterocycles. The number of phenolic OH excluding ortho intramolecular Hbond substituents is 2. The van der Waals surface area contributed by atoms with E-state index in [0.29, 0.717) is 28.5 Å². The summed E-state index contributed by atoms with van der Waals surface area (Å²) in [5.41, 5.74) is 10.1. The van der Waals surface area contributed by atoms with Gasteiger partial charge < -0.3 is 34.3 Å². The van der Waals surface area contributed by atoms with Gasteiger partial charge in [-0.05, 0) is 92.6 Å². The first-order valence-corrected chi connectivity index (χ1v) is 19.3. The molecule has 0 saturated carbocycles. The Kier molecular flexibility index (Phi) is 13.1. The van der Waals surface area contributed by atoms with Crippen molar-refractivity contribution < 1.29 is 34.3 Å². The number of hydrogen-bond donors (Lipinski definition) is 2. The van der Waals surface area contributed by atoms with E-state index in [-0.39, 0.29) is 17.2 Å². The number of ether oxygens (including phenoxy) is 4. The Morgan fingerprint density at radius 2 is 0.661 bits per heavy atom. The third kappa shape index (κ3) is 9.30. The minimum Gasteiger partial charge on any atom is -0.872 e. The van der Waals surface area contributed by atoms with Crippen molar-refractivity contribution in [2.24, 2.45) is 0 Å². The molecule has 302 valence electrons. The van der Waals surface area contributed by atoms with Crippen LogP contribution in [0.5, 0.6) is 40.2 Å². The van der Waals surface area contributed by atoms with E-state index < -0.39 is 0 Å². The van der Waals surface area contributed by atoms with Crippen molar-refractivity contribution >= 4 is 22.7 Å². The Balaban J connectivity index is 0.000000204. The molecule has 2 N–H and O–H groups in total. The van der Waals surface area contributed by atoms with Crippen molar-refractivity contribution in [3.05, 3.63) is 185 Å². The molecule has 0 aliphatic carbocycles. The average Bonchev–Trinajstić information content (AvgIpc) is 3.26. The molecule has 0 unspecified atom stereocenters. The maximum atomic E-state index is 13.0. The van der Waals surface area contributed by atoms with E-state index in [4.69, 9.17) is 18.9 Å². The predicted molar refractivity (Wildman–Crippen MR) is 235 cm³/mol. The van der Waals surface area contributed by atoms with E-state index in [1.807, 2.05) is 106 Å². The van der Waals surface area contributed by atoms with Gasteiger partial charge in [-0.2, -0.15) is 4.48 Å². The van der Waals surface area contributed by atoms with Crippen LogP contribution >= 0.6 is 0 Å². The zero-order chi connectivity index (χ0) is 42.1. The van der Waals surface area contributed by atoms with E-state index in [2.05, 4.69) is 48.5 Å². The van der Waals surface area contributed by atoms with Gasteiger partial charge in [0.2, 0.25) is 0 Å². The Morgan fingerprint density at radius 3 is 0.932 bits per heavy atom. The second-order valence-electron chi connectivity index (χ2n) is 14.5. The van der Waals surface area contributed by atoms with Gasteiger partial charge in [0, 0.05) is 61.4 Å². The summed E-state index contributed by atoms with van der Waals surface area (Å²) in [7, 11) is 6.70. The second kappa shape index (κ2) is 18.6. The normalized spacial score (nSPS) is 11.0. The number of methoxy groups -OCH3 is 4. The Bertz CT molecular complexity index is 2210. The molecule has 0 bridgehead atoms. The number of nitrogens with zero attached hydrogens (tertiary/aromatic N) is 1. The zero-order valence-electron chi connectivity index (χ0n) is 34.7. The molecule has 8 nitrogen and oxygen atoms in total. The van der Waals surface area contributed by atoms with E-state index in [1.165, 1.54) is 0 Å². The highest BCUT2D eigenvalue weighted by molar-refractivity contribution is 5.82. The molecule has 0 aromatic heterocycles. The van der Waals surface area contributed by atoms with Crippen molar-refractivity contribution in [1.29, 1.82) is 0 Å². The van der Waals surface area contributed by atoms with Crippen LogP contribution in [0.25, 0.3) is 0 Å². The molecule has 0 atom stereocenters. The van der Waals surface area contributed by atoms with Gasteiger partial charge in [0.1, 0.15) is 57.2 Å². The summed E-state index contributed by atoms with van der Waals surface area (Å²) in [5, 5.41) is 33.1. The summed E-state index contributed by atoms with van der Waals surface area (Å²) in [5.74, 6) is 3.58. The molecule has 0 aliphatic rings. The molecule has 0 amide bonds. The topological polar surface area (TPSA) is 100 Å². The first-order valence-electron chi connectivity index (χ1n) is 19.3. The second-order valence-corrected chi connectivity index (χ2v) is 14.5. The lowest BCUT2D eigenvalue weighted by Gasteiger charge is -2.37. The first kappa shape index (κ1) is 41.7. The molecule has 0 aliphatic heterocycles. The summed E-state index contributed by atoms with van der Waals surface area (Å²) in [4.78, 5) is 0. The molecule has 7 aromatic carbocycles. The standard InChI is InChI=1S/C28H28NO4.C23H24O3/c1-30-25-13-5-21(6-14-25)29(22-7-15-26(31-2)16-8-22,23-9-17-27(32-3)18-10-23)24-11-19-28(33-4)20-12-24;1-14-4-6-21(24)17(8-14)12-19-10-16(3)11-20(23(19)26)13-18-9-15(2)5-7-22(18)25/h5-20H,1-4H3;4-11,24-26H,12-13H2,1-3H3/q+1;/p-1. The van der Waals surface area contributed by atoms with Crippen LogP contribution in [0.2, 0.25) is 0 Å². The lowest BCUT2D eigenvalue weighted by atomic mass is 9.94. The van der Waals surface area contributed by atoms with Gasteiger partial charge in [0.25, 0.3) is 0 Å². The maximum Gasteiger partial charge on any atom is 0.148 e. The summed E-state index contributed by atoms with van der Waals surface area (Å²) in [6.45, 7) is 5.88. The molecule has 0 spiro atoms. The fourth-order valence-electron chi connectivity index (χ4n) is 7.43. The fourth-order valence-corrected chi connectivity index (χ4v) is 7.43. The summed E-state index contributed by atoms with van der Waals surface area (Å²) >= 11 is 0. The fraction of sp³-hybridized carbons (Fsp3) is 0.176. The molecular formula is C51H51NO7. The van der Waals surface area contributed by atoms with Crippen LogP contribution in [0.1, 0.15) is 38.9 Å². The van der Waals surface area contributed by atoms with Crippen molar-refractivity contribution in [2.45, 2.75) is 33.6 Å². The van der Waals surface area contributed by atoms with Crippen LogP contribution in [0.4, 0.5) is 22.7 Å². The van der Waals surface area contributed by atoms with Gasteiger partial charge >= 0.3 is 0 Å². The van der Waals surface area contributed by atoms with Crippen molar-refractivity contribution in [3.8, 4) is 40.2 Å². The van der Waals surface area contributed by atoms with Gasteiger partial charge in [0.05, 0.1) is 28.4 Å². The summed E-state index contributed by atoms with van der Waals surface area (Å²) < 4.78 is 22.1. The smallest absolute Gasteiger partial charge is 0.148 e. The minimum atomic E-state index is -0.0302. The molecule has 8 heteroatoms. The lowest BCUT2D eigenvalue weighted by Crippen LogP contribution is -2.33. The molecule has 0 fully saturated rings. The van der Waals surface area contributed by atoms with E-state index in [1.54, 1.807) is 40.6 Å². The highest BCUT2D eigenvalue weighted by Gasteiger charge is 2.39. The summed E-state index contributed by atoms with van der Waals surface area (Å²) in [6, 6.07) is 47.2. The van der Waals surface area contributed by atoms with Crippen LogP contribution in [-0.4, -0.2) is 38.7 Å². The molecular weight excluding hydrogens is 739 g/mol. The number of benzene rings is 7. The quantitative estimate of drug-likeness (QED) is 0.119. The van der Waals surface area contributed by atoms with Crippen molar-refractivity contribution in [1.82, 2.24) is 4.48 Å². The maximum absolute atomic E-state index is 13.0. The number of phenols is 2. The highest BCUT2D eigenvalue weighted by Crippen LogP contribution is 2.52. The van der Waals surface area contributed by atoms with E-state index >= 15 is 0 Å². The average molecular weight is 790 g/mol. The highest BCUT2D eigenvalue weighted by atomic mass is 16.5. The third-order valence-electron chi connectivity index (χ3n) is 10.5. The van der Waals surface area contributed by atoms with Crippen LogP contribution in [0.15, 0.2) is 146 Å². The first-order chi connectivity index (χ1) is 28.5. The molecule has 7 aromatic rings. The van der Waals surface area contributed by atoms with Crippen LogP contribution in [0, 0.1) is 20.8 Å². The molecule has 7 rings (SSSR count). The van der Waals surface area contributed by atoms with E-state index in [0.717, 1.165) is 73.6 Å². The Hall–Kier alpha value is -6.90. The largest absolute Gasteiger partial charge is 0.872 e. The SMILES string of the molecule is COc1ccc([N+](c2ccc(OC)cc2)(c2ccc(OC)cc2)c2ccc(OC)cc2)cc1.Cc1ccc(O)c(Cc2cc(C)cc(Cc3cc(C)ccc3O)c2[O-])c1. The van der Waals surface area contributed by atoms with Crippen LogP contribution in [0.3, 0.4) is 0 Å². The number of rotatable bonds is 12. The van der Waals surface area contributed by atoms with Crippen molar-refractivity contribution in [3.63, 3.8) is 0 Å². The van der Waals surface area contributed by atoms with Crippen molar-refractivity contribution in [2.75, 3.05) is 28.4 Å². The van der Waals surface area contributed by atoms with Gasteiger partial charge in [0.15, 0.2) is 0 Å². The number of aryl methyl sites for hydroxylation is 3. The Morgan fingerprint density at radius 1 is 0.390 bits per heavy atom. The number of aromatic hydroxyl groups is 2. The summed E-state index contributed by atoms with van der Waals surface area (Å²) in [6.07, 6.45) is 0.779. The van der Waals surface area contributed by atoms with E-state index in [9.17, 15) is 15.3 Å². The molecule has 59 heavy (non-hydrogen) atoms. The van der Waals surface area contributed by atoms with Gasteiger partial charge in [-0.15, -0.1) is 5.75 Å². The zero-order valence-corrected chi connectivity index (χ0v) is 34.7. The van der Waals surface area contributed by atoms with Gasteiger partial charge in [-0.25, -0.2) is 0 Å². The van der Waals surface area contributed by atoms with Gasteiger partial charge in [-0.3, -0.25) is 0 Å². The van der Waals surface area contributed by atoms with Gasteiger partial charge in [-0.1, -0.05) is 64.2 Å². The van der Waals surface area contributed by atoms with Crippen LogP contribution < -0.4 is 28.5 Å². The monoisotopic (exact) mass is 789 g/mol. The third-order valence-corrected chi connectivity index (χ3v) is 10.5. The number of hydrogen-bond acceptors (Lipinski definition) is 7. The molecule has 0 saturated heterocycles.